The Bertz CT molecular complexity index is 1110. The molecular formula is C20H24N6O2S. The van der Waals surface area contributed by atoms with Crippen LogP contribution in [0.4, 0.5) is 11.6 Å². The van der Waals surface area contributed by atoms with Crippen molar-refractivity contribution in [1.29, 1.82) is 0 Å². The standard InChI is InChI=1S/C20H24N6O2S/c1-15-24-18(14-19(25-15)26-12-2-3-13-26)21-10-11-23-29(27,28)17-8-4-6-16-7-5-9-22-20(16)17/h4-9,14,23H,2-3,10-13H2,1H3,(H,21,24,25). The highest BCUT2D eigenvalue weighted by atomic mass is 32.2. The molecule has 1 aliphatic rings. The van der Waals surface area contributed by atoms with E-state index >= 15 is 0 Å². The molecule has 0 bridgehead atoms. The van der Waals surface area contributed by atoms with E-state index in [4.69, 9.17) is 0 Å². The Morgan fingerprint density at radius 1 is 1.07 bits per heavy atom. The molecule has 4 rings (SSSR count). The van der Waals surface area contributed by atoms with Gasteiger partial charge in [0.1, 0.15) is 22.4 Å². The molecule has 152 valence electrons. The number of nitrogens with zero attached hydrogens (tertiary/aromatic N) is 4. The summed E-state index contributed by atoms with van der Waals surface area (Å²) < 4.78 is 28.1. The third kappa shape index (κ3) is 4.46. The van der Waals surface area contributed by atoms with Gasteiger partial charge in [-0.05, 0) is 31.9 Å². The van der Waals surface area contributed by atoms with Gasteiger partial charge in [0.2, 0.25) is 10.0 Å². The van der Waals surface area contributed by atoms with E-state index in [-0.39, 0.29) is 11.4 Å². The molecule has 2 aromatic heterocycles. The molecule has 2 N–H and O–H groups in total. The second-order valence-electron chi connectivity index (χ2n) is 7.01. The van der Waals surface area contributed by atoms with Crippen LogP contribution in [0.5, 0.6) is 0 Å². The Morgan fingerprint density at radius 3 is 2.69 bits per heavy atom. The molecule has 8 nitrogen and oxygen atoms in total. The van der Waals surface area contributed by atoms with Gasteiger partial charge in [-0.1, -0.05) is 18.2 Å². The maximum absolute atomic E-state index is 12.7. The molecule has 1 aliphatic heterocycles. The van der Waals surface area contributed by atoms with Gasteiger partial charge >= 0.3 is 0 Å². The summed E-state index contributed by atoms with van der Waals surface area (Å²) in [6.45, 7) is 4.52. The van der Waals surface area contributed by atoms with Crippen LogP contribution in [-0.2, 0) is 10.0 Å². The van der Waals surface area contributed by atoms with Crippen molar-refractivity contribution < 1.29 is 8.42 Å². The highest BCUT2D eigenvalue weighted by Gasteiger charge is 2.18. The zero-order valence-corrected chi connectivity index (χ0v) is 17.1. The largest absolute Gasteiger partial charge is 0.369 e. The van der Waals surface area contributed by atoms with Crippen molar-refractivity contribution in [1.82, 2.24) is 19.7 Å². The van der Waals surface area contributed by atoms with E-state index in [1.165, 1.54) is 12.8 Å². The highest BCUT2D eigenvalue weighted by molar-refractivity contribution is 7.89. The van der Waals surface area contributed by atoms with Gasteiger partial charge in [-0.2, -0.15) is 0 Å². The Morgan fingerprint density at radius 2 is 1.86 bits per heavy atom. The highest BCUT2D eigenvalue weighted by Crippen LogP contribution is 2.21. The van der Waals surface area contributed by atoms with Gasteiger partial charge in [0.15, 0.2) is 0 Å². The molecule has 1 fully saturated rings. The number of para-hydroxylation sites is 1. The normalized spacial score (nSPS) is 14.4. The van der Waals surface area contributed by atoms with Crippen LogP contribution in [0.2, 0.25) is 0 Å². The van der Waals surface area contributed by atoms with Crippen molar-refractivity contribution in [2.24, 2.45) is 0 Å². The smallest absolute Gasteiger partial charge is 0.242 e. The number of aryl methyl sites for hydroxylation is 1. The van der Waals surface area contributed by atoms with Crippen molar-refractivity contribution in [2.45, 2.75) is 24.7 Å². The number of sulfonamides is 1. The predicted molar refractivity (Wildman–Crippen MR) is 114 cm³/mol. The molecule has 0 amide bonds. The van der Waals surface area contributed by atoms with Crippen molar-refractivity contribution in [3.8, 4) is 0 Å². The minimum atomic E-state index is -3.66. The van der Waals surface area contributed by atoms with Crippen molar-refractivity contribution in [3.05, 3.63) is 48.4 Å². The van der Waals surface area contributed by atoms with Crippen molar-refractivity contribution >= 4 is 32.6 Å². The van der Waals surface area contributed by atoms with Crippen LogP contribution in [0.15, 0.2) is 47.5 Å². The third-order valence-electron chi connectivity index (χ3n) is 4.86. The number of aromatic nitrogens is 3. The van der Waals surface area contributed by atoms with Crippen molar-refractivity contribution in [3.63, 3.8) is 0 Å². The number of rotatable bonds is 7. The summed E-state index contributed by atoms with van der Waals surface area (Å²) in [6.07, 6.45) is 3.95. The zero-order valence-electron chi connectivity index (χ0n) is 16.3. The fraction of sp³-hybridized carbons (Fsp3) is 0.350. The maximum Gasteiger partial charge on any atom is 0.242 e. The van der Waals surface area contributed by atoms with Crippen LogP contribution < -0.4 is 14.9 Å². The first-order valence-corrected chi connectivity index (χ1v) is 11.2. The van der Waals surface area contributed by atoms with Crippen LogP contribution in [0.1, 0.15) is 18.7 Å². The summed E-state index contributed by atoms with van der Waals surface area (Å²) in [6, 6.07) is 10.7. The van der Waals surface area contributed by atoms with E-state index in [1.807, 2.05) is 25.1 Å². The Kier molecular flexibility index (Phi) is 5.59. The second-order valence-corrected chi connectivity index (χ2v) is 8.74. The number of benzene rings is 1. The number of hydrogen-bond acceptors (Lipinski definition) is 7. The van der Waals surface area contributed by atoms with Gasteiger partial charge in [-0.25, -0.2) is 23.1 Å². The Hall–Kier alpha value is -2.78. The van der Waals surface area contributed by atoms with Crippen LogP contribution in [0, 0.1) is 6.92 Å². The summed E-state index contributed by atoms with van der Waals surface area (Å²) in [7, 11) is -3.66. The van der Waals surface area contributed by atoms with Crippen molar-refractivity contribution in [2.75, 3.05) is 36.4 Å². The molecular weight excluding hydrogens is 388 g/mol. The van der Waals surface area contributed by atoms with Gasteiger partial charge < -0.3 is 10.2 Å². The molecule has 3 aromatic rings. The molecule has 0 unspecified atom stereocenters. The average Bonchev–Trinajstić information content (AvgIpc) is 3.25. The summed E-state index contributed by atoms with van der Waals surface area (Å²) in [4.78, 5) is 15.6. The minimum Gasteiger partial charge on any atom is -0.369 e. The van der Waals surface area contributed by atoms with Crippen LogP contribution in [0.3, 0.4) is 0 Å². The van der Waals surface area contributed by atoms with Crippen LogP contribution >= 0.6 is 0 Å². The van der Waals surface area contributed by atoms with Gasteiger partial charge in [-0.3, -0.25) is 4.98 Å². The number of pyridine rings is 1. The minimum absolute atomic E-state index is 0.185. The topological polar surface area (TPSA) is 100 Å². The summed E-state index contributed by atoms with van der Waals surface area (Å²) in [5.41, 5.74) is 0.470. The number of hydrogen-bond donors (Lipinski definition) is 2. The number of fused-ring (bicyclic) bond motifs is 1. The maximum atomic E-state index is 12.7. The van der Waals surface area contributed by atoms with E-state index in [0.717, 1.165) is 24.3 Å². The molecule has 0 spiro atoms. The van der Waals surface area contributed by atoms with Gasteiger partial charge in [0.05, 0.1) is 5.52 Å². The fourth-order valence-corrected chi connectivity index (χ4v) is 4.71. The molecule has 0 saturated carbocycles. The molecule has 3 heterocycles. The average molecular weight is 413 g/mol. The molecule has 0 atom stereocenters. The number of anilines is 2. The van der Waals surface area contributed by atoms with Gasteiger partial charge in [0.25, 0.3) is 0 Å². The van der Waals surface area contributed by atoms with E-state index in [1.54, 1.807) is 24.4 Å². The van der Waals surface area contributed by atoms with E-state index in [9.17, 15) is 8.42 Å². The van der Waals surface area contributed by atoms with Crippen LogP contribution in [-0.4, -0.2) is 49.5 Å². The monoisotopic (exact) mass is 412 g/mol. The zero-order chi connectivity index (χ0) is 20.3. The summed E-state index contributed by atoms with van der Waals surface area (Å²) in [5, 5.41) is 3.98. The lowest BCUT2D eigenvalue weighted by Crippen LogP contribution is -2.29. The van der Waals surface area contributed by atoms with Crippen LogP contribution in [0.25, 0.3) is 10.9 Å². The quantitative estimate of drug-likeness (QED) is 0.575. The first kappa shape index (κ1) is 19.5. The lowest BCUT2D eigenvalue weighted by Gasteiger charge is -2.18. The van der Waals surface area contributed by atoms with Gasteiger partial charge in [-0.15, -0.1) is 0 Å². The molecule has 0 aliphatic carbocycles. The van der Waals surface area contributed by atoms with E-state index < -0.39 is 10.0 Å². The van der Waals surface area contributed by atoms with Gasteiger partial charge in [0, 0.05) is 43.8 Å². The first-order chi connectivity index (χ1) is 14.0. The molecule has 1 aromatic carbocycles. The SMILES string of the molecule is Cc1nc(NCCNS(=O)(=O)c2cccc3cccnc23)cc(N2CCCC2)n1. The van der Waals surface area contributed by atoms with E-state index in [0.29, 0.717) is 23.7 Å². The lowest BCUT2D eigenvalue weighted by atomic mass is 10.2. The first-order valence-electron chi connectivity index (χ1n) is 9.71. The Labute approximate surface area is 170 Å². The summed E-state index contributed by atoms with van der Waals surface area (Å²) >= 11 is 0. The molecule has 0 radical (unpaired) electrons. The Balaban J connectivity index is 1.40. The molecule has 1 saturated heterocycles. The summed E-state index contributed by atoms with van der Waals surface area (Å²) in [5.74, 6) is 2.31. The van der Waals surface area contributed by atoms with E-state index in [2.05, 4.69) is 29.9 Å². The molecule has 29 heavy (non-hydrogen) atoms. The molecule has 9 heteroatoms. The predicted octanol–water partition coefficient (Wildman–Crippen LogP) is 2.32. The third-order valence-corrected chi connectivity index (χ3v) is 6.36. The second kappa shape index (κ2) is 8.30. The fourth-order valence-electron chi connectivity index (χ4n) is 3.50. The lowest BCUT2D eigenvalue weighted by molar-refractivity contribution is 0.583. The number of nitrogens with one attached hydrogen (secondary N) is 2.